The Morgan fingerprint density at radius 2 is 1.10 bits per heavy atom. The standard InChI is InChI=1S/C18H19ClO/c1-10-6-11(2)16(12(3)7-10)18(20)17-13(4)8-15(19)9-14(17)5/h6-9H,1-5H3. The van der Waals surface area contributed by atoms with Gasteiger partial charge in [-0.2, -0.15) is 0 Å². The van der Waals surface area contributed by atoms with E-state index >= 15 is 0 Å². The average molecular weight is 287 g/mol. The van der Waals surface area contributed by atoms with Crippen LogP contribution in [0.2, 0.25) is 5.02 Å². The summed E-state index contributed by atoms with van der Waals surface area (Å²) in [5.41, 5.74) is 6.68. The van der Waals surface area contributed by atoms with E-state index in [0.717, 1.165) is 33.4 Å². The lowest BCUT2D eigenvalue weighted by atomic mass is 9.89. The molecule has 0 amide bonds. The molecule has 0 saturated carbocycles. The maximum atomic E-state index is 12.9. The van der Waals surface area contributed by atoms with Crippen molar-refractivity contribution in [1.82, 2.24) is 0 Å². The third-order valence-corrected chi connectivity index (χ3v) is 3.85. The summed E-state index contributed by atoms with van der Waals surface area (Å²) in [7, 11) is 0. The van der Waals surface area contributed by atoms with Crippen molar-refractivity contribution in [1.29, 1.82) is 0 Å². The van der Waals surface area contributed by atoms with Gasteiger partial charge in [0.05, 0.1) is 0 Å². The van der Waals surface area contributed by atoms with Crippen LogP contribution in [0.1, 0.15) is 43.7 Å². The Hall–Kier alpha value is -1.60. The zero-order valence-electron chi connectivity index (χ0n) is 12.6. The van der Waals surface area contributed by atoms with E-state index in [2.05, 4.69) is 12.1 Å². The van der Waals surface area contributed by atoms with Crippen molar-refractivity contribution in [3.8, 4) is 0 Å². The minimum atomic E-state index is 0.0895. The Morgan fingerprint density at radius 1 is 0.750 bits per heavy atom. The highest BCUT2D eigenvalue weighted by Crippen LogP contribution is 2.26. The summed E-state index contributed by atoms with van der Waals surface area (Å²) in [6.45, 7) is 9.91. The molecule has 0 radical (unpaired) electrons. The van der Waals surface area contributed by atoms with Gasteiger partial charge in [0.15, 0.2) is 5.78 Å². The van der Waals surface area contributed by atoms with Gasteiger partial charge in [-0.25, -0.2) is 0 Å². The Labute approximate surface area is 125 Å². The average Bonchev–Trinajstić information content (AvgIpc) is 2.25. The van der Waals surface area contributed by atoms with Gasteiger partial charge in [-0.1, -0.05) is 29.3 Å². The highest BCUT2D eigenvalue weighted by molar-refractivity contribution is 6.31. The van der Waals surface area contributed by atoms with Gasteiger partial charge in [0.1, 0.15) is 0 Å². The minimum absolute atomic E-state index is 0.0895. The van der Waals surface area contributed by atoms with Crippen molar-refractivity contribution in [2.75, 3.05) is 0 Å². The van der Waals surface area contributed by atoms with E-state index < -0.39 is 0 Å². The van der Waals surface area contributed by atoms with Gasteiger partial charge in [0, 0.05) is 16.1 Å². The van der Waals surface area contributed by atoms with Crippen molar-refractivity contribution in [3.63, 3.8) is 0 Å². The Kier molecular flexibility index (Phi) is 4.01. The van der Waals surface area contributed by atoms with E-state index in [1.807, 2.05) is 46.8 Å². The number of rotatable bonds is 2. The number of aryl methyl sites for hydroxylation is 5. The fourth-order valence-electron chi connectivity index (χ4n) is 2.93. The molecule has 0 heterocycles. The quantitative estimate of drug-likeness (QED) is 0.701. The van der Waals surface area contributed by atoms with Crippen molar-refractivity contribution in [2.24, 2.45) is 0 Å². The van der Waals surface area contributed by atoms with E-state index in [4.69, 9.17) is 11.6 Å². The van der Waals surface area contributed by atoms with E-state index in [-0.39, 0.29) is 5.78 Å². The van der Waals surface area contributed by atoms with Crippen LogP contribution in [0, 0.1) is 34.6 Å². The maximum absolute atomic E-state index is 12.9. The van der Waals surface area contributed by atoms with E-state index in [9.17, 15) is 4.79 Å². The van der Waals surface area contributed by atoms with Crippen LogP contribution in [-0.2, 0) is 0 Å². The first-order valence-electron chi connectivity index (χ1n) is 6.70. The molecule has 2 rings (SSSR count). The molecular weight excluding hydrogens is 268 g/mol. The summed E-state index contributed by atoms with van der Waals surface area (Å²) in [6.07, 6.45) is 0. The summed E-state index contributed by atoms with van der Waals surface area (Å²) in [5.74, 6) is 0.0895. The predicted molar refractivity (Wildman–Crippen MR) is 85.0 cm³/mol. The maximum Gasteiger partial charge on any atom is 0.194 e. The van der Waals surface area contributed by atoms with Crippen LogP contribution in [0.15, 0.2) is 24.3 Å². The summed E-state index contributed by atoms with van der Waals surface area (Å²) < 4.78 is 0. The number of hydrogen-bond donors (Lipinski definition) is 0. The number of ketones is 1. The second kappa shape index (κ2) is 5.41. The molecular formula is C18H19ClO. The first-order valence-corrected chi connectivity index (χ1v) is 7.08. The molecule has 0 atom stereocenters. The van der Waals surface area contributed by atoms with Crippen molar-refractivity contribution < 1.29 is 4.79 Å². The van der Waals surface area contributed by atoms with E-state index in [0.29, 0.717) is 5.02 Å². The molecule has 104 valence electrons. The van der Waals surface area contributed by atoms with Crippen LogP contribution in [0.25, 0.3) is 0 Å². The highest BCUT2D eigenvalue weighted by atomic mass is 35.5. The SMILES string of the molecule is Cc1cc(C)c(C(=O)c2c(C)cc(Cl)cc2C)c(C)c1. The lowest BCUT2D eigenvalue weighted by Gasteiger charge is -2.14. The van der Waals surface area contributed by atoms with Crippen LogP contribution >= 0.6 is 11.6 Å². The molecule has 0 aromatic heterocycles. The predicted octanol–water partition coefficient (Wildman–Crippen LogP) is 5.11. The monoisotopic (exact) mass is 286 g/mol. The Morgan fingerprint density at radius 3 is 1.50 bits per heavy atom. The largest absolute Gasteiger partial charge is 0.289 e. The molecule has 0 N–H and O–H groups in total. The normalized spacial score (nSPS) is 10.7. The van der Waals surface area contributed by atoms with Gasteiger partial charge in [-0.05, 0) is 69.0 Å². The first kappa shape index (κ1) is 14.8. The number of halogens is 1. The van der Waals surface area contributed by atoms with Crippen molar-refractivity contribution >= 4 is 17.4 Å². The molecule has 0 bridgehead atoms. The molecule has 0 aliphatic carbocycles. The van der Waals surface area contributed by atoms with Crippen LogP contribution in [-0.4, -0.2) is 5.78 Å². The van der Waals surface area contributed by atoms with E-state index in [1.165, 1.54) is 5.56 Å². The van der Waals surface area contributed by atoms with Gasteiger partial charge < -0.3 is 0 Å². The highest BCUT2D eigenvalue weighted by Gasteiger charge is 2.19. The second-order valence-corrected chi connectivity index (χ2v) is 5.95. The number of hydrogen-bond acceptors (Lipinski definition) is 1. The number of carbonyl (C=O) groups is 1. The van der Waals surface area contributed by atoms with Crippen LogP contribution in [0.4, 0.5) is 0 Å². The molecule has 0 aliphatic heterocycles. The summed E-state index contributed by atoms with van der Waals surface area (Å²) >= 11 is 6.04. The van der Waals surface area contributed by atoms with E-state index in [1.54, 1.807) is 0 Å². The molecule has 20 heavy (non-hydrogen) atoms. The van der Waals surface area contributed by atoms with Gasteiger partial charge in [-0.15, -0.1) is 0 Å². The van der Waals surface area contributed by atoms with Crippen LogP contribution in [0.5, 0.6) is 0 Å². The lowest BCUT2D eigenvalue weighted by Crippen LogP contribution is -2.10. The number of benzene rings is 2. The lowest BCUT2D eigenvalue weighted by molar-refractivity contribution is 0.103. The molecule has 2 aromatic carbocycles. The molecule has 1 nitrogen and oxygen atoms in total. The van der Waals surface area contributed by atoms with Crippen LogP contribution < -0.4 is 0 Å². The van der Waals surface area contributed by atoms with Crippen molar-refractivity contribution in [3.05, 3.63) is 68.2 Å². The minimum Gasteiger partial charge on any atom is -0.289 e. The smallest absolute Gasteiger partial charge is 0.194 e. The van der Waals surface area contributed by atoms with Gasteiger partial charge in [0.2, 0.25) is 0 Å². The van der Waals surface area contributed by atoms with Crippen molar-refractivity contribution in [2.45, 2.75) is 34.6 Å². The zero-order valence-corrected chi connectivity index (χ0v) is 13.4. The molecule has 2 heteroatoms. The fraction of sp³-hybridized carbons (Fsp3) is 0.278. The first-order chi connectivity index (χ1) is 9.31. The molecule has 2 aromatic rings. The van der Waals surface area contributed by atoms with Gasteiger partial charge >= 0.3 is 0 Å². The Bertz CT molecular complexity index is 593. The third kappa shape index (κ3) is 2.64. The molecule has 0 aliphatic rings. The molecule has 0 spiro atoms. The summed E-state index contributed by atoms with van der Waals surface area (Å²) in [6, 6.07) is 7.81. The summed E-state index contributed by atoms with van der Waals surface area (Å²) in [5, 5.41) is 0.675. The van der Waals surface area contributed by atoms with Gasteiger partial charge in [0.25, 0.3) is 0 Å². The fourth-order valence-corrected chi connectivity index (χ4v) is 3.26. The Balaban J connectivity index is 2.64. The second-order valence-electron chi connectivity index (χ2n) is 5.52. The summed E-state index contributed by atoms with van der Waals surface area (Å²) in [4.78, 5) is 12.9. The topological polar surface area (TPSA) is 17.1 Å². The molecule has 0 unspecified atom stereocenters. The number of carbonyl (C=O) groups excluding carboxylic acids is 1. The third-order valence-electron chi connectivity index (χ3n) is 3.63. The molecule has 0 saturated heterocycles. The zero-order chi connectivity index (χ0) is 15.0. The van der Waals surface area contributed by atoms with Crippen LogP contribution in [0.3, 0.4) is 0 Å². The van der Waals surface area contributed by atoms with Gasteiger partial charge in [-0.3, -0.25) is 4.79 Å². The molecule has 0 fully saturated rings.